The number of hydrogen-bond donors (Lipinski definition) is 2. The van der Waals surface area contributed by atoms with Crippen molar-refractivity contribution in [1.29, 1.82) is 0 Å². The molecule has 0 spiro atoms. The number of benzene rings is 1. The zero-order valence-electron chi connectivity index (χ0n) is 8.71. The maximum absolute atomic E-state index is 13.6. The van der Waals surface area contributed by atoms with Gasteiger partial charge in [0, 0.05) is 24.2 Å². The SMILES string of the molecule is O=C(O)C1CNC(c2cc(Br)c(F)cc2F)C1. The summed E-state index contributed by atoms with van der Waals surface area (Å²) >= 11 is 2.99. The van der Waals surface area contributed by atoms with Gasteiger partial charge in [-0.1, -0.05) is 0 Å². The maximum atomic E-state index is 13.6. The molecule has 1 aliphatic heterocycles. The van der Waals surface area contributed by atoms with Gasteiger partial charge in [0.25, 0.3) is 0 Å². The fourth-order valence-corrected chi connectivity index (χ4v) is 2.33. The summed E-state index contributed by atoms with van der Waals surface area (Å²) in [6.07, 6.45) is 0.310. The van der Waals surface area contributed by atoms with E-state index in [0.717, 1.165) is 6.07 Å². The Bertz CT molecular complexity index is 467. The molecule has 2 rings (SSSR count). The molecule has 1 aromatic carbocycles. The first-order valence-electron chi connectivity index (χ1n) is 5.09. The average molecular weight is 306 g/mol. The quantitative estimate of drug-likeness (QED) is 0.825. The lowest BCUT2D eigenvalue weighted by Gasteiger charge is -2.12. The van der Waals surface area contributed by atoms with Crippen LogP contribution in [-0.2, 0) is 4.79 Å². The van der Waals surface area contributed by atoms with Crippen molar-refractivity contribution in [2.45, 2.75) is 12.5 Å². The predicted octanol–water partition coefficient (Wildman–Crippen LogP) is 2.46. The van der Waals surface area contributed by atoms with Crippen LogP contribution in [0.25, 0.3) is 0 Å². The van der Waals surface area contributed by atoms with Crippen molar-refractivity contribution in [2.24, 2.45) is 5.92 Å². The fraction of sp³-hybridized carbons (Fsp3) is 0.364. The number of aliphatic carboxylic acids is 1. The summed E-state index contributed by atoms with van der Waals surface area (Å²) in [6, 6.07) is 1.77. The molecule has 1 fully saturated rings. The second-order valence-corrected chi connectivity index (χ2v) is 4.87. The highest BCUT2D eigenvalue weighted by Gasteiger charge is 2.31. The van der Waals surface area contributed by atoms with E-state index in [1.165, 1.54) is 6.07 Å². The van der Waals surface area contributed by atoms with E-state index in [2.05, 4.69) is 21.2 Å². The van der Waals surface area contributed by atoms with Crippen molar-refractivity contribution in [2.75, 3.05) is 6.54 Å². The molecule has 0 aromatic heterocycles. The number of carbonyl (C=O) groups is 1. The Morgan fingerprint density at radius 2 is 2.12 bits per heavy atom. The molecule has 0 saturated carbocycles. The number of halogens is 3. The summed E-state index contributed by atoms with van der Waals surface area (Å²) in [4.78, 5) is 10.8. The normalized spacial score (nSPS) is 23.9. The van der Waals surface area contributed by atoms with Gasteiger partial charge in [-0.2, -0.15) is 0 Å². The van der Waals surface area contributed by atoms with Crippen LogP contribution in [0.3, 0.4) is 0 Å². The van der Waals surface area contributed by atoms with E-state index in [1.54, 1.807) is 0 Å². The van der Waals surface area contributed by atoms with Crippen LogP contribution >= 0.6 is 15.9 Å². The van der Waals surface area contributed by atoms with Gasteiger partial charge in [0.2, 0.25) is 0 Å². The van der Waals surface area contributed by atoms with Crippen molar-refractivity contribution >= 4 is 21.9 Å². The molecule has 0 aliphatic carbocycles. The third kappa shape index (κ3) is 2.47. The van der Waals surface area contributed by atoms with Crippen LogP contribution < -0.4 is 5.32 Å². The lowest BCUT2D eigenvalue weighted by atomic mass is 10.00. The first kappa shape index (κ1) is 12.4. The summed E-state index contributed by atoms with van der Waals surface area (Å²) in [5.41, 5.74) is 0.294. The van der Waals surface area contributed by atoms with Crippen LogP contribution in [0.15, 0.2) is 16.6 Å². The largest absolute Gasteiger partial charge is 0.481 e. The second-order valence-electron chi connectivity index (χ2n) is 4.02. The highest BCUT2D eigenvalue weighted by atomic mass is 79.9. The molecule has 1 aliphatic rings. The molecule has 92 valence electrons. The molecule has 1 saturated heterocycles. The average Bonchev–Trinajstić information content (AvgIpc) is 2.72. The number of hydrogen-bond acceptors (Lipinski definition) is 2. The topological polar surface area (TPSA) is 49.3 Å². The van der Waals surface area contributed by atoms with Gasteiger partial charge < -0.3 is 10.4 Å². The lowest BCUT2D eigenvalue weighted by molar-refractivity contribution is -0.141. The Balaban J connectivity index is 2.24. The number of nitrogens with one attached hydrogen (secondary N) is 1. The van der Waals surface area contributed by atoms with Crippen molar-refractivity contribution in [3.63, 3.8) is 0 Å². The highest BCUT2D eigenvalue weighted by Crippen LogP contribution is 2.31. The Morgan fingerprint density at radius 1 is 1.41 bits per heavy atom. The van der Waals surface area contributed by atoms with Gasteiger partial charge in [0.05, 0.1) is 10.4 Å². The zero-order chi connectivity index (χ0) is 12.6. The molecular formula is C11H10BrF2NO2. The van der Waals surface area contributed by atoms with Crippen LogP contribution in [0.1, 0.15) is 18.0 Å². The monoisotopic (exact) mass is 305 g/mol. The van der Waals surface area contributed by atoms with Crippen LogP contribution in [0, 0.1) is 17.6 Å². The van der Waals surface area contributed by atoms with Gasteiger partial charge in [0.1, 0.15) is 11.6 Å². The third-order valence-electron chi connectivity index (χ3n) is 2.90. The summed E-state index contributed by atoms with van der Waals surface area (Å²) in [5, 5.41) is 11.8. The molecule has 3 nitrogen and oxygen atoms in total. The highest BCUT2D eigenvalue weighted by molar-refractivity contribution is 9.10. The minimum Gasteiger partial charge on any atom is -0.481 e. The van der Waals surface area contributed by atoms with Crippen molar-refractivity contribution in [3.05, 3.63) is 33.8 Å². The number of carboxylic acids is 1. The molecule has 1 heterocycles. The maximum Gasteiger partial charge on any atom is 0.307 e. The predicted molar refractivity (Wildman–Crippen MR) is 60.5 cm³/mol. The Labute approximate surface area is 105 Å². The Morgan fingerprint density at radius 3 is 2.71 bits per heavy atom. The molecule has 17 heavy (non-hydrogen) atoms. The van der Waals surface area contributed by atoms with E-state index in [-0.39, 0.29) is 10.5 Å². The van der Waals surface area contributed by atoms with Gasteiger partial charge in [-0.15, -0.1) is 0 Å². The second kappa shape index (κ2) is 4.70. The van der Waals surface area contributed by atoms with Crippen molar-refractivity contribution in [1.82, 2.24) is 5.32 Å². The molecule has 0 amide bonds. The molecule has 0 radical (unpaired) electrons. The molecule has 1 aromatic rings. The number of rotatable bonds is 2. The standard InChI is InChI=1S/C11H10BrF2NO2/c12-7-2-6(8(13)3-9(7)14)10-1-5(4-15-10)11(16)17/h2-3,5,10,15H,1,4H2,(H,16,17). The molecule has 0 bridgehead atoms. The van der Waals surface area contributed by atoms with Gasteiger partial charge in [-0.05, 0) is 28.4 Å². The van der Waals surface area contributed by atoms with Crippen LogP contribution in [0.5, 0.6) is 0 Å². The van der Waals surface area contributed by atoms with Crippen molar-refractivity contribution in [3.8, 4) is 0 Å². The summed E-state index contributed by atoms with van der Waals surface area (Å²) in [7, 11) is 0. The van der Waals surface area contributed by atoms with Crippen LogP contribution in [0.2, 0.25) is 0 Å². The van der Waals surface area contributed by atoms with E-state index in [9.17, 15) is 13.6 Å². The molecular weight excluding hydrogens is 296 g/mol. The van der Waals surface area contributed by atoms with Gasteiger partial charge >= 0.3 is 5.97 Å². The van der Waals surface area contributed by atoms with E-state index in [1.807, 2.05) is 0 Å². The minimum absolute atomic E-state index is 0.175. The smallest absolute Gasteiger partial charge is 0.307 e. The van der Waals surface area contributed by atoms with Crippen LogP contribution in [0.4, 0.5) is 8.78 Å². The van der Waals surface area contributed by atoms with E-state index in [0.29, 0.717) is 18.5 Å². The Hall–Kier alpha value is -1.01. The van der Waals surface area contributed by atoms with Gasteiger partial charge in [-0.25, -0.2) is 8.78 Å². The third-order valence-corrected chi connectivity index (χ3v) is 3.50. The van der Waals surface area contributed by atoms with E-state index >= 15 is 0 Å². The fourth-order valence-electron chi connectivity index (χ4n) is 1.97. The van der Waals surface area contributed by atoms with Gasteiger partial charge in [-0.3, -0.25) is 4.79 Å². The molecule has 2 atom stereocenters. The first-order chi connectivity index (χ1) is 7.99. The lowest BCUT2D eigenvalue weighted by Crippen LogP contribution is -2.17. The molecule has 2 N–H and O–H groups in total. The van der Waals surface area contributed by atoms with Gasteiger partial charge in [0.15, 0.2) is 0 Å². The molecule has 2 unspecified atom stereocenters. The van der Waals surface area contributed by atoms with E-state index < -0.39 is 23.5 Å². The summed E-state index contributed by atoms with van der Waals surface area (Å²) in [6.45, 7) is 0.300. The number of carboxylic acid groups (broad SMARTS) is 1. The first-order valence-corrected chi connectivity index (χ1v) is 5.89. The molecule has 6 heteroatoms. The minimum atomic E-state index is -0.901. The Kier molecular flexibility index (Phi) is 3.44. The summed E-state index contributed by atoms with van der Waals surface area (Å²) in [5.74, 6) is -2.75. The van der Waals surface area contributed by atoms with Crippen LogP contribution in [-0.4, -0.2) is 17.6 Å². The summed E-state index contributed by atoms with van der Waals surface area (Å²) < 4.78 is 26.8. The van der Waals surface area contributed by atoms with E-state index in [4.69, 9.17) is 5.11 Å². The van der Waals surface area contributed by atoms with Crippen molar-refractivity contribution < 1.29 is 18.7 Å². The zero-order valence-corrected chi connectivity index (χ0v) is 10.3.